The van der Waals surface area contributed by atoms with Gasteiger partial charge in [-0.2, -0.15) is 23.7 Å². The molecule has 2 heterocycles. The lowest BCUT2D eigenvalue weighted by molar-refractivity contribution is -0.0498. The number of para-hydroxylation sites is 2. The summed E-state index contributed by atoms with van der Waals surface area (Å²) in [5.74, 6) is 1.31. The summed E-state index contributed by atoms with van der Waals surface area (Å²) < 4.78 is 30.6. The number of ether oxygens (including phenoxy) is 1. The van der Waals surface area contributed by atoms with E-state index in [0.717, 1.165) is 11.0 Å². The lowest BCUT2D eigenvalue weighted by atomic mass is 10.3. The normalized spacial score (nSPS) is 11.1. The van der Waals surface area contributed by atoms with Gasteiger partial charge in [-0.1, -0.05) is 12.1 Å². The third-order valence-electron chi connectivity index (χ3n) is 3.91. The summed E-state index contributed by atoms with van der Waals surface area (Å²) in [7, 11) is 0. The van der Waals surface area contributed by atoms with Crippen LogP contribution in [0.5, 0.6) is 5.75 Å². The summed E-state index contributed by atoms with van der Waals surface area (Å²) in [5.41, 5.74) is 8.07. The first-order valence-corrected chi connectivity index (χ1v) is 8.27. The fourth-order valence-corrected chi connectivity index (χ4v) is 2.78. The van der Waals surface area contributed by atoms with Crippen molar-refractivity contribution in [2.24, 2.45) is 0 Å². The van der Waals surface area contributed by atoms with Gasteiger partial charge in [-0.15, -0.1) is 0 Å². The number of anilines is 3. The minimum Gasteiger partial charge on any atom is -0.435 e. The largest absolute Gasteiger partial charge is 0.435 e. The quantitative estimate of drug-likeness (QED) is 0.544. The maximum absolute atomic E-state index is 12.2. The Morgan fingerprint density at radius 1 is 1.00 bits per heavy atom. The van der Waals surface area contributed by atoms with Crippen LogP contribution >= 0.6 is 0 Å². The highest BCUT2D eigenvalue weighted by molar-refractivity contribution is 5.77. The number of alkyl halides is 2. The summed E-state index contributed by atoms with van der Waals surface area (Å²) in [5, 5.41) is 2.98. The molecule has 0 saturated carbocycles. The van der Waals surface area contributed by atoms with Crippen LogP contribution in [0.25, 0.3) is 17.0 Å². The van der Waals surface area contributed by atoms with Crippen molar-refractivity contribution < 1.29 is 13.5 Å². The number of aryl methyl sites for hydroxylation is 1. The smallest absolute Gasteiger partial charge is 0.387 e. The van der Waals surface area contributed by atoms with Gasteiger partial charge in [0, 0.05) is 5.69 Å². The molecule has 4 aromatic rings. The van der Waals surface area contributed by atoms with Crippen LogP contribution in [0.2, 0.25) is 0 Å². The van der Waals surface area contributed by atoms with Crippen LogP contribution in [0, 0.1) is 6.92 Å². The molecule has 10 heteroatoms. The van der Waals surface area contributed by atoms with Crippen molar-refractivity contribution in [1.29, 1.82) is 0 Å². The third-order valence-corrected chi connectivity index (χ3v) is 3.91. The van der Waals surface area contributed by atoms with E-state index < -0.39 is 6.61 Å². The van der Waals surface area contributed by atoms with E-state index >= 15 is 0 Å². The Hall–Kier alpha value is -3.82. The molecule has 0 aliphatic heterocycles. The van der Waals surface area contributed by atoms with Crippen LogP contribution in [0.15, 0.2) is 48.5 Å². The second kappa shape index (κ2) is 7.06. The predicted octanol–water partition coefficient (Wildman–Crippen LogP) is 3.45. The Bertz CT molecular complexity index is 1130. The van der Waals surface area contributed by atoms with E-state index in [1.807, 2.05) is 31.2 Å². The van der Waals surface area contributed by atoms with E-state index in [-0.39, 0.29) is 17.6 Å². The molecule has 0 unspecified atom stereocenters. The molecular formula is C18H15F2N7O. The van der Waals surface area contributed by atoms with Gasteiger partial charge < -0.3 is 15.8 Å². The van der Waals surface area contributed by atoms with E-state index in [0.29, 0.717) is 17.5 Å². The first-order valence-electron chi connectivity index (χ1n) is 8.27. The molecule has 0 saturated heterocycles. The average Bonchev–Trinajstić information content (AvgIpc) is 2.98. The Balaban J connectivity index is 1.67. The number of rotatable bonds is 5. The topological polar surface area (TPSA) is 104 Å². The maximum atomic E-state index is 12.2. The fourth-order valence-electron chi connectivity index (χ4n) is 2.78. The maximum Gasteiger partial charge on any atom is 0.387 e. The number of nitrogens with one attached hydrogen (secondary N) is 1. The molecule has 142 valence electrons. The Labute approximate surface area is 158 Å². The van der Waals surface area contributed by atoms with E-state index in [1.54, 1.807) is 16.7 Å². The molecule has 0 atom stereocenters. The second-order valence-corrected chi connectivity index (χ2v) is 5.83. The van der Waals surface area contributed by atoms with E-state index in [9.17, 15) is 8.78 Å². The highest BCUT2D eigenvalue weighted by Crippen LogP contribution is 2.22. The molecule has 0 radical (unpaired) electrons. The van der Waals surface area contributed by atoms with Crippen molar-refractivity contribution >= 4 is 28.6 Å². The van der Waals surface area contributed by atoms with Gasteiger partial charge in [0.2, 0.25) is 17.8 Å². The number of benzene rings is 2. The van der Waals surface area contributed by atoms with Crippen molar-refractivity contribution in [3.63, 3.8) is 0 Å². The molecule has 0 spiro atoms. The number of hydrogen-bond donors (Lipinski definition) is 2. The van der Waals surface area contributed by atoms with Gasteiger partial charge in [-0.3, -0.25) is 4.57 Å². The highest BCUT2D eigenvalue weighted by Gasteiger charge is 2.14. The molecule has 2 aromatic carbocycles. The van der Waals surface area contributed by atoms with Crippen molar-refractivity contribution in [2.45, 2.75) is 13.5 Å². The highest BCUT2D eigenvalue weighted by atomic mass is 19.3. The van der Waals surface area contributed by atoms with Crippen LogP contribution in [0.4, 0.5) is 26.4 Å². The number of aromatic nitrogens is 5. The molecule has 4 rings (SSSR count). The first kappa shape index (κ1) is 17.6. The zero-order valence-corrected chi connectivity index (χ0v) is 14.7. The molecule has 3 N–H and O–H groups in total. The van der Waals surface area contributed by atoms with Crippen molar-refractivity contribution in [3.05, 3.63) is 54.4 Å². The first-order chi connectivity index (χ1) is 13.5. The molecular weight excluding hydrogens is 368 g/mol. The van der Waals surface area contributed by atoms with Crippen LogP contribution in [-0.4, -0.2) is 31.1 Å². The summed E-state index contributed by atoms with van der Waals surface area (Å²) in [4.78, 5) is 17.2. The zero-order valence-electron chi connectivity index (χ0n) is 14.7. The summed E-state index contributed by atoms with van der Waals surface area (Å²) in [6, 6.07) is 13.5. The number of hydrogen-bond acceptors (Lipinski definition) is 7. The summed E-state index contributed by atoms with van der Waals surface area (Å²) >= 11 is 0. The van der Waals surface area contributed by atoms with Gasteiger partial charge in [0.25, 0.3) is 0 Å². The summed E-state index contributed by atoms with van der Waals surface area (Å²) in [6.07, 6.45) is 0. The van der Waals surface area contributed by atoms with E-state index in [1.165, 1.54) is 12.1 Å². The van der Waals surface area contributed by atoms with Crippen molar-refractivity contribution in [2.75, 3.05) is 11.1 Å². The number of nitrogens with two attached hydrogens (primary N) is 1. The molecule has 0 fully saturated rings. The molecule has 0 aliphatic carbocycles. The van der Waals surface area contributed by atoms with Gasteiger partial charge in [0.05, 0.1) is 11.0 Å². The van der Waals surface area contributed by atoms with Crippen molar-refractivity contribution in [3.8, 4) is 11.7 Å². The van der Waals surface area contributed by atoms with Gasteiger partial charge in [0.1, 0.15) is 11.6 Å². The van der Waals surface area contributed by atoms with E-state index in [2.05, 4.69) is 30.0 Å². The van der Waals surface area contributed by atoms with Gasteiger partial charge in [0.15, 0.2) is 0 Å². The van der Waals surface area contributed by atoms with Crippen LogP contribution in [-0.2, 0) is 0 Å². The SMILES string of the molecule is Cc1nc2ccccc2n1-c1nc(N)nc(Nc2ccc(OC(F)F)cc2)n1. The minimum absolute atomic E-state index is 0.0299. The standard InChI is InChI=1S/C18H15F2N7O/c1-10-22-13-4-2-3-5-14(13)27(10)18-25-16(21)24-17(26-18)23-11-6-8-12(9-7-11)28-15(19)20/h2-9,15H,1H3,(H3,21,23,24,25,26). The Morgan fingerprint density at radius 3 is 2.50 bits per heavy atom. The number of fused-ring (bicyclic) bond motifs is 1. The molecule has 0 bridgehead atoms. The van der Waals surface area contributed by atoms with Crippen LogP contribution in [0.1, 0.15) is 5.82 Å². The average molecular weight is 383 g/mol. The molecule has 28 heavy (non-hydrogen) atoms. The number of nitrogen functional groups attached to an aromatic ring is 1. The lowest BCUT2D eigenvalue weighted by Crippen LogP contribution is -2.10. The molecule has 8 nitrogen and oxygen atoms in total. The monoisotopic (exact) mass is 383 g/mol. The number of halogens is 2. The number of nitrogens with zero attached hydrogens (tertiary/aromatic N) is 5. The van der Waals surface area contributed by atoms with Gasteiger partial charge >= 0.3 is 6.61 Å². The van der Waals surface area contributed by atoms with Gasteiger partial charge in [-0.25, -0.2) is 4.98 Å². The Kier molecular flexibility index (Phi) is 4.44. The van der Waals surface area contributed by atoms with E-state index in [4.69, 9.17) is 5.73 Å². The van der Waals surface area contributed by atoms with Crippen LogP contribution in [0.3, 0.4) is 0 Å². The minimum atomic E-state index is -2.88. The number of imidazole rings is 1. The summed E-state index contributed by atoms with van der Waals surface area (Å²) in [6.45, 7) is -1.03. The van der Waals surface area contributed by atoms with Crippen LogP contribution < -0.4 is 15.8 Å². The second-order valence-electron chi connectivity index (χ2n) is 5.83. The fraction of sp³-hybridized carbons (Fsp3) is 0.111. The lowest BCUT2D eigenvalue weighted by Gasteiger charge is -2.10. The van der Waals surface area contributed by atoms with Gasteiger partial charge in [-0.05, 0) is 43.3 Å². The molecule has 2 aromatic heterocycles. The third kappa shape index (κ3) is 3.52. The predicted molar refractivity (Wildman–Crippen MR) is 100.0 cm³/mol. The Morgan fingerprint density at radius 2 is 1.75 bits per heavy atom. The zero-order chi connectivity index (χ0) is 19.7. The molecule has 0 amide bonds. The van der Waals surface area contributed by atoms with Crippen molar-refractivity contribution in [1.82, 2.24) is 24.5 Å². The molecule has 0 aliphatic rings.